The lowest BCUT2D eigenvalue weighted by molar-refractivity contribution is -0.385. The molecule has 0 radical (unpaired) electrons. The van der Waals surface area contributed by atoms with E-state index in [-0.39, 0.29) is 17.7 Å². The SMILES string of the molecule is CC1CN(Cc2cc(F)ccc2[N+](=O)[O-])CCC1O. The van der Waals surface area contributed by atoms with Gasteiger partial charge >= 0.3 is 0 Å². The van der Waals surface area contributed by atoms with Gasteiger partial charge in [0, 0.05) is 31.3 Å². The van der Waals surface area contributed by atoms with E-state index in [1.807, 2.05) is 11.8 Å². The summed E-state index contributed by atoms with van der Waals surface area (Å²) in [6, 6.07) is 3.52. The average Bonchev–Trinajstić information content (AvgIpc) is 2.33. The number of rotatable bonds is 3. The molecule has 0 aromatic heterocycles. The summed E-state index contributed by atoms with van der Waals surface area (Å²) in [6.07, 6.45) is 0.323. The van der Waals surface area contributed by atoms with Crippen LogP contribution in [0.3, 0.4) is 0 Å². The van der Waals surface area contributed by atoms with Gasteiger partial charge in [-0.2, -0.15) is 0 Å². The molecule has 0 aliphatic carbocycles. The first kappa shape index (κ1) is 13.9. The number of nitro groups is 1. The maximum absolute atomic E-state index is 13.2. The molecule has 1 N–H and O–H groups in total. The topological polar surface area (TPSA) is 66.6 Å². The molecule has 1 heterocycles. The minimum absolute atomic E-state index is 0.0554. The molecule has 1 aliphatic heterocycles. The number of halogens is 1. The Hall–Kier alpha value is -1.53. The number of nitrogens with zero attached hydrogens (tertiary/aromatic N) is 2. The molecule has 0 spiro atoms. The van der Waals surface area contributed by atoms with Crippen molar-refractivity contribution in [2.24, 2.45) is 5.92 Å². The number of hydrogen-bond donors (Lipinski definition) is 1. The minimum Gasteiger partial charge on any atom is -0.393 e. The lowest BCUT2D eigenvalue weighted by atomic mass is 9.96. The molecule has 2 unspecified atom stereocenters. The summed E-state index contributed by atoms with van der Waals surface area (Å²) < 4.78 is 13.2. The zero-order valence-corrected chi connectivity index (χ0v) is 10.8. The van der Waals surface area contributed by atoms with Gasteiger partial charge in [-0.25, -0.2) is 4.39 Å². The van der Waals surface area contributed by atoms with Crippen molar-refractivity contribution < 1.29 is 14.4 Å². The predicted molar refractivity (Wildman–Crippen MR) is 68.1 cm³/mol. The van der Waals surface area contributed by atoms with Crippen LogP contribution in [0.4, 0.5) is 10.1 Å². The van der Waals surface area contributed by atoms with Gasteiger partial charge in [-0.1, -0.05) is 6.92 Å². The van der Waals surface area contributed by atoms with E-state index in [0.29, 0.717) is 31.6 Å². The van der Waals surface area contributed by atoms with Crippen LogP contribution in [0.15, 0.2) is 18.2 Å². The number of likely N-dealkylation sites (tertiary alicyclic amines) is 1. The van der Waals surface area contributed by atoms with Crippen molar-refractivity contribution in [3.8, 4) is 0 Å². The van der Waals surface area contributed by atoms with E-state index in [9.17, 15) is 19.6 Å². The van der Waals surface area contributed by atoms with E-state index in [4.69, 9.17) is 0 Å². The summed E-state index contributed by atoms with van der Waals surface area (Å²) in [4.78, 5) is 12.4. The first-order valence-electron chi connectivity index (χ1n) is 6.30. The van der Waals surface area contributed by atoms with Crippen molar-refractivity contribution >= 4 is 5.69 Å². The van der Waals surface area contributed by atoms with Crippen molar-refractivity contribution in [3.63, 3.8) is 0 Å². The number of nitro benzene ring substituents is 1. The quantitative estimate of drug-likeness (QED) is 0.672. The molecular formula is C13H17FN2O3. The zero-order valence-electron chi connectivity index (χ0n) is 10.8. The number of hydrogen-bond acceptors (Lipinski definition) is 4. The van der Waals surface area contributed by atoms with Gasteiger partial charge in [0.2, 0.25) is 0 Å². The van der Waals surface area contributed by atoms with Crippen molar-refractivity contribution in [1.82, 2.24) is 4.90 Å². The predicted octanol–water partition coefficient (Wildman–Crippen LogP) is 1.94. The highest BCUT2D eigenvalue weighted by molar-refractivity contribution is 5.40. The van der Waals surface area contributed by atoms with Crippen LogP contribution >= 0.6 is 0 Å². The molecule has 0 saturated carbocycles. The normalized spacial score (nSPS) is 24.4. The van der Waals surface area contributed by atoms with E-state index in [2.05, 4.69) is 0 Å². The molecule has 104 valence electrons. The van der Waals surface area contributed by atoms with E-state index in [1.165, 1.54) is 12.1 Å². The number of piperidine rings is 1. The van der Waals surface area contributed by atoms with E-state index >= 15 is 0 Å². The summed E-state index contributed by atoms with van der Waals surface area (Å²) in [6.45, 7) is 3.61. The monoisotopic (exact) mass is 268 g/mol. The lowest BCUT2D eigenvalue weighted by Crippen LogP contribution is -2.41. The molecule has 2 rings (SSSR count). The smallest absolute Gasteiger partial charge is 0.274 e. The lowest BCUT2D eigenvalue weighted by Gasteiger charge is -2.34. The second-order valence-electron chi connectivity index (χ2n) is 5.10. The van der Waals surface area contributed by atoms with Gasteiger partial charge in [0.25, 0.3) is 5.69 Å². The Morgan fingerprint density at radius 2 is 2.32 bits per heavy atom. The molecular weight excluding hydrogens is 251 g/mol. The zero-order chi connectivity index (χ0) is 14.0. The summed E-state index contributed by atoms with van der Waals surface area (Å²) in [7, 11) is 0. The van der Waals surface area contributed by atoms with Gasteiger partial charge < -0.3 is 5.11 Å². The highest BCUT2D eigenvalue weighted by atomic mass is 19.1. The largest absolute Gasteiger partial charge is 0.393 e. The third kappa shape index (κ3) is 3.27. The van der Waals surface area contributed by atoms with Gasteiger partial charge in [-0.3, -0.25) is 15.0 Å². The van der Waals surface area contributed by atoms with Crippen LogP contribution in [-0.4, -0.2) is 34.1 Å². The number of aliphatic hydroxyl groups is 1. The highest BCUT2D eigenvalue weighted by Gasteiger charge is 2.26. The van der Waals surface area contributed by atoms with Crippen molar-refractivity contribution in [2.75, 3.05) is 13.1 Å². The van der Waals surface area contributed by atoms with Crippen LogP contribution < -0.4 is 0 Å². The highest BCUT2D eigenvalue weighted by Crippen LogP contribution is 2.24. The average molecular weight is 268 g/mol. The van der Waals surface area contributed by atoms with Gasteiger partial charge in [-0.15, -0.1) is 0 Å². The molecule has 1 aromatic carbocycles. The summed E-state index contributed by atoms with van der Waals surface area (Å²) in [5, 5.41) is 20.6. The maximum atomic E-state index is 13.2. The van der Waals surface area contributed by atoms with Gasteiger partial charge in [0.1, 0.15) is 5.82 Å². The van der Waals surface area contributed by atoms with Crippen LogP contribution in [0.5, 0.6) is 0 Å². The summed E-state index contributed by atoms with van der Waals surface area (Å²) in [5.41, 5.74) is 0.328. The van der Waals surface area contributed by atoms with Crippen molar-refractivity contribution in [1.29, 1.82) is 0 Å². The van der Waals surface area contributed by atoms with Gasteiger partial charge in [0.15, 0.2) is 0 Å². The van der Waals surface area contributed by atoms with E-state index in [1.54, 1.807) is 0 Å². The molecule has 5 nitrogen and oxygen atoms in total. The number of aliphatic hydroxyl groups excluding tert-OH is 1. The fourth-order valence-electron chi connectivity index (χ4n) is 2.46. The van der Waals surface area contributed by atoms with E-state index in [0.717, 1.165) is 6.07 Å². The van der Waals surface area contributed by atoms with Crippen molar-refractivity contribution in [2.45, 2.75) is 26.0 Å². The standard InChI is InChI=1S/C13H17FN2O3/c1-9-7-15(5-4-13(9)17)8-10-6-11(14)2-3-12(10)16(18)19/h2-3,6,9,13,17H,4-5,7-8H2,1H3. The molecule has 1 fully saturated rings. The van der Waals surface area contributed by atoms with Crippen LogP contribution in [0.2, 0.25) is 0 Å². The second kappa shape index (κ2) is 5.63. The van der Waals surface area contributed by atoms with Crippen LogP contribution in [0, 0.1) is 21.8 Å². The Balaban J connectivity index is 2.14. The molecule has 1 aliphatic rings. The molecule has 0 bridgehead atoms. The van der Waals surface area contributed by atoms with E-state index < -0.39 is 10.7 Å². The van der Waals surface area contributed by atoms with Crippen LogP contribution in [0.25, 0.3) is 0 Å². The Morgan fingerprint density at radius 3 is 2.95 bits per heavy atom. The van der Waals surface area contributed by atoms with Gasteiger partial charge in [-0.05, 0) is 24.5 Å². The molecule has 2 atom stereocenters. The minimum atomic E-state index is -0.489. The third-order valence-electron chi connectivity index (χ3n) is 3.58. The Labute approximate surface area is 110 Å². The molecule has 1 saturated heterocycles. The summed E-state index contributed by atoms with van der Waals surface area (Å²) >= 11 is 0. The first-order valence-corrected chi connectivity index (χ1v) is 6.30. The van der Waals surface area contributed by atoms with Gasteiger partial charge in [0.05, 0.1) is 11.0 Å². The van der Waals surface area contributed by atoms with Crippen LogP contribution in [-0.2, 0) is 6.54 Å². The molecule has 19 heavy (non-hydrogen) atoms. The third-order valence-corrected chi connectivity index (χ3v) is 3.58. The second-order valence-corrected chi connectivity index (χ2v) is 5.10. The maximum Gasteiger partial charge on any atom is 0.274 e. The number of benzene rings is 1. The molecule has 1 aromatic rings. The Kier molecular flexibility index (Phi) is 4.11. The first-order chi connectivity index (χ1) is 8.97. The Morgan fingerprint density at radius 1 is 1.58 bits per heavy atom. The van der Waals surface area contributed by atoms with Crippen LogP contribution in [0.1, 0.15) is 18.9 Å². The molecule has 0 amide bonds. The summed E-state index contributed by atoms with van der Waals surface area (Å²) in [5.74, 6) is -0.341. The fourth-order valence-corrected chi connectivity index (χ4v) is 2.46. The fraction of sp³-hybridized carbons (Fsp3) is 0.538. The Bertz CT molecular complexity index is 481. The molecule has 6 heteroatoms. The van der Waals surface area contributed by atoms with Crippen molar-refractivity contribution in [3.05, 3.63) is 39.7 Å².